The van der Waals surface area contributed by atoms with Crippen LogP contribution in [-0.4, -0.2) is 34.9 Å². The van der Waals surface area contributed by atoms with Gasteiger partial charge in [0.15, 0.2) is 0 Å². The largest absolute Gasteiger partial charge is 0.394 e. The van der Waals surface area contributed by atoms with Crippen LogP contribution in [0.5, 0.6) is 0 Å². The fourth-order valence-electron chi connectivity index (χ4n) is 10.8. The fraction of sp³-hybridized carbons (Fsp3) is 0.926. The maximum Gasteiger partial charge on any atom is 0.220 e. The Hall–Kier alpha value is -1.13. The molecular formula is C68H133NO3. The third-order valence-corrected chi connectivity index (χ3v) is 15.9. The summed E-state index contributed by atoms with van der Waals surface area (Å²) >= 11 is 0. The maximum absolute atomic E-state index is 12.5. The first-order valence-corrected chi connectivity index (χ1v) is 33.6. The topological polar surface area (TPSA) is 69.6 Å². The van der Waals surface area contributed by atoms with Crippen molar-refractivity contribution in [2.45, 2.75) is 398 Å². The van der Waals surface area contributed by atoms with E-state index in [0.717, 1.165) is 32.1 Å². The van der Waals surface area contributed by atoms with Crippen LogP contribution in [0, 0.1) is 0 Å². The van der Waals surface area contributed by atoms with Crippen LogP contribution < -0.4 is 5.32 Å². The Labute approximate surface area is 453 Å². The summed E-state index contributed by atoms with van der Waals surface area (Å²) in [6, 6.07) is -0.637. The molecule has 0 saturated heterocycles. The number of aliphatic hydroxyl groups excluding tert-OH is 2. The Kier molecular flexibility index (Phi) is 63.2. The molecule has 0 aliphatic rings. The van der Waals surface area contributed by atoms with Gasteiger partial charge < -0.3 is 15.5 Å². The van der Waals surface area contributed by atoms with Gasteiger partial charge in [-0.15, -0.1) is 0 Å². The van der Waals surface area contributed by atoms with E-state index >= 15 is 0 Å². The lowest BCUT2D eigenvalue weighted by Gasteiger charge is -2.19. The average Bonchev–Trinajstić information content (AvgIpc) is 3.39. The second kappa shape index (κ2) is 64.2. The standard InChI is InChI=1S/C68H133NO3/c1-3-5-7-9-11-13-15-17-19-21-23-25-27-28-29-30-31-32-33-34-35-36-37-38-39-40-42-44-46-48-50-52-54-56-58-60-62-64-68(72)69-66(65-70)67(71)63-61-59-57-55-53-51-49-47-45-43-41-26-24-22-20-18-16-14-12-10-8-6-4-2/h53,55,61,63,66-67,70-71H,3-52,54,56-60,62,64-65H2,1-2H3,(H,69,72)/b55-53+,63-61+. The molecule has 2 unspecified atom stereocenters. The van der Waals surface area contributed by atoms with E-state index in [2.05, 4.69) is 31.3 Å². The smallest absolute Gasteiger partial charge is 0.220 e. The van der Waals surface area contributed by atoms with Crippen LogP contribution in [0.2, 0.25) is 0 Å². The number of carbonyl (C=O) groups is 1. The van der Waals surface area contributed by atoms with Crippen molar-refractivity contribution in [3.63, 3.8) is 0 Å². The van der Waals surface area contributed by atoms with Crippen molar-refractivity contribution in [3.8, 4) is 0 Å². The highest BCUT2D eigenvalue weighted by Gasteiger charge is 2.18. The Bertz CT molecular complexity index is 1060. The number of aliphatic hydroxyl groups is 2. The second-order valence-corrected chi connectivity index (χ2v) is 23.2. The molecule has 0 aromatic rings. The molecule has 0 fully saturated rings. The monoisotopic (exact) mass is 1010 g/mol. The summed E-state index contributed by atoms with van der Waals surface area (Å²) in [6.45, 7) is 4.35. The molecule has 2 atom stereocenters. The quantitative estimate of drug-likeness (QED) is 0.0420. The zero-order valence-electron chi connectivity index (χ0n) is 49.5. The summed E-state index contributed by atoms with van der Waals surface area (Å²) in [6.07, 6.45) is 87.0. The summed E-state index contributed by atoms with van der Waals surface area (Å²) in [5, 5.41) is 23.2. The highest BCUT2D eigenvalue weighted by atomic mass is 16.3. The normalized spacial score (nSPS) is 12.8. The molecule has 0 aromatic heterocycles. The molecule has 1 amide bonds. The molecule has 0 aliphatic heterocycles. The van der Waals surface area contributed by atoms with Crippen LogP contribution in [0.25, 0.3) is 0 Å². The lowest BCUT2D eigenvalue weighted by Crippen LogP contribution is -2.45. The van der Waals surface area contributed by atoms with E-state index in [4.69, 9.17) is 0 Å². The Morgan fingerprint density at radius 3 is 0.806 bits per heavy atom. The van der Waals surface area contributed by atoms with E-state index < -0.39 is 12.1 Å². The minimum atomic E-state index is -0.861. The van der Waals surface area contributed by atoms with Gasteiger partial charge in [-0.1, -0.05) is 372 Å². The van der Waals surface area contributed by atoms with Gasteiger partial charge in [0.2, 0.25) is 5.91 Å². The predicted molar refractivity (Wildman–Crippen MR) is 322 cm³/mol. The molecule has 72 heavy (non-hydrogen) atoms. The highest BCUT2D eigenvalue weighted by molar-refractivity contribution is 5.76. The van der Waals surface area contributed by atoms with Crippen molar-refractivity contribution < 1.29 is 15.0 Å². The summed E-state index contributed by atoms with van der Waals surface area (Å²) in [5.41, 5.74) is 0. The highest BCUT2D eigenvalue weighted by Crippen LogP contribution is 2.19. The molecule has 4 heteroatoms. The van der Waals surface area contributed by atoms with Gasteiger partial charge in [-0.05, 0) is 32.1 Å². The number of carbonyl (C=O) groups excluding carboxylic acids is 1. The molecular weight excluding hydrogens is 879 g/mol. The molecule has 0 aromatic carbocycles. The SMILES string of the molecule is CCCCCCCCCCCCCCCCCCC/C=C/CC/C=C/C(O)C(CO)NC(=O)CCCCCCCCCCCCCCCCCCCCCCCCCCCCCCCCCCCCCCC. The third kappa shape index (κ3) is 59.7. The van der Waals surface area contributed by atoms with Crippen molar-refractivity contribution >= 4 is 5.91 Å². The van der Waals surface area contributed by atoms with E-state index in [-0.39, 0.29) is 12.5 Å². The molecule has 4 nitrogen and oxygen atoms in total. The van der Waals surface area contributed by atoms with Crippen LogP contribution in [0.4, 0.5) is 0 Å². The molecule has 428 valence electrons. The number of rotatable bonds is 63. The lowest BCUT2D eigenvalue weighted by atomic mass is 10.0. The molecule has 0 spiro atoms. The van der Waals surface area contributed by atoms with Crippen molar-refractivity contribution in [2.24, 2.45) is 0 Å². The number of unbranched alkanes of at least 4 members (excludes halogenated alkanes) is 54. The van der Waals surface area contributed by atoms with E-state index in [0.29, 0.717) is 6.42 Å². The molecule has 0 heterocycles. The molecule has 0 aliphatic carbocycles. The molecule has 0 radical (unpaired) electrons. The van der Waals surface area contributed by atoms with E-state index in [1.807, 2.05) is 6.08 Å². The van der Waals surface area contributed by atoms with Crippen LogP contribution in [-0.2, 0) is 4.79 Å². The summed E-state index contributed by atoms with van der Waals surface area (Å²) < 4.78 is 0. The predicted octanol–water partition coefficient (Wildman–Crippen LogP) is 22.6. The van der Waals surface area contributed by atoms with Gasteiger partial charge in [-0.2, -0.15) is 0 Å². The van der Waals surface area contributed by atoms with Crippen molar-refractivity contribution in [1.29, 1.82) is 0 Å². The van der Waals surface area contributed by atoms with Gasteiger partial charge in [-0.25, -0.2) is 0 Å². The average molecular weight is 1010 g/mol. The summed E-state index contributed by atoms with van der Waals surface area (Å²) in [7, 11) is 0. The van der Waals surface area contributed by atoms with Gasteiger partial charge in [-0.3, -0.25) is 4.79 Å². The number of hydrogen-bond acceptors (Lipinski definition) is 3. The van der Waals surface area contributed by atoms with Gasteiger partial charge in [0.05, 0.1) is 18.8 Å². The first kappa shape index (κ1) is 70.9. The van der Waals surface area contributed by atoms with Gasteiger partial charge >= 0.3 is 0 Å². The van der Waals surface area contributed by atoms with E-state index in [9.17, 15) is 15.0 Å². The Balaban J connectivity index is 3.41. The maximum atomic E-state index is 12.5. The molecule has 0 saturated carbocycles. The van der Waals surface area contributed by atoms with Crippen LogP contribution in [0.3, 0.4) is 0 Å². The minimum absolute atomic E-state index is 0.0647. The second-order valence-electron chi connectivity index (χ2n) is 23.2. The van der Waals surface area contributed by atoms with Crippen LogP contribution in [0.15, 0.2) is 24.3 Å². The number of hydrogen-bond donors (Lipinski definition) is 3. The van der Waals surface area contributed by atoms with Crippen molar-refractivity contribution in [2.75, 3.05) is 6.61 Å². The van der Waals surface area contributed by atoms with Gasteiger partial charge in [0, 0.05) is 6.42 Å². The summed E-state index contributed by atoms with van der Waals surface area (Å²) in [5.74, 6) is -0.0647. The summed E-state index contributed by atoms with van der Waals surface area (Å²) in [4.78, 5) is 12.5. The Morgan fingerprint density at radius 2 is 0.542 bits per heavy atom. The van der Waals surface area contributed by atoms with Crippen LogP contribution >= 0.6 is 0 Å². The van der Waals surface area contributed by atoms with Crippen molar-refractivity contribution in [3.05, 3.63) is 24.3 Å². The lowest BCUT2D eigenvalue weighted by molar-refractivity contribution is -0.123. The van der Waals surface area contributed by atoms with E-state index in [1.54, 1.807) is 6.08 Å². The first-order valence-electron chi connectivity index (χ1n) is 33.6. The fourth-order valence-corrected chi connectivity index (χ4v) is 10.8. The zero-order valence-corrected chi connectivity index (χ0v) is 49.5. The number of nitrogens with one attached hydrogen (secondary N) is 1. The first-order chi connectivity index (χ1) is 35.7. The van der Waals surface area contributed by atoms with Crippen LogP contribution in [0.1, 0.15) is 386 Å². The Morgan fingerprint density at radius 1 is 0.319 bits per heavy atom. The number of amides is 1. The van der Waals surface area contributed by atoms with Gasteiger partial charge in [0.1, 0.15) is 0 Å². The zero-order chi connectivity index (χ0) is 52.0. The number of allylic oxidation sites excluding steroid dienone is 3. The van der Waals surface area contributed by atoms with Gasteiger partial charge in [0.25, 0.3) is 0 Å². The van der Waals surface area contributed by atoms with Crippen molar-refractivity contribution in [1.82, 2.24) is 5.32 Å². The molecule has 0 bridgehead atoms. The minimum Gasteiger partial charge on any atom is -0.394 e. The molecule has 3 N–H and O–H groups in total. The molecule has 0 rings (SSSR count). The third-order valence-electron chi connectivity index (χ3n) is 15.9. The van der Waals surface area contributed by atoms with E-state index in [1.165, 1.54) is 334 Å².